The van der Waals surface area contributed by atoms with Gasteiger partial charge < -0.3 is 15.4 Å². The largest absolute Gasteiger partial charge is 0.495 e. The van der Waals surface area contributed by atoms with Gasteiger partial charge in [-0.1, -0.05) is 0 Å². The molecule has 9 nitrogen and oxygen atoms in total. The first-order valence-corrected chi connectivity index (χ1v) is 13.6. The molecule has 0 bridgehead atoms. The Balaban J connectivity index is 1.39. The fraction of sp³-hybridized carbons (Fsp3) is 0.609. The molecule has 0 amide bonds. The number of rotatable bonds is 7. The summed E-state index contributed by atoms with van der Waals surface area (Å²) in [6, 6.07) is 4.61. The van der Waals surface area contributed by atoms with Crippen LogP contribution in [-0.4, -0.2) is 99.0 Å². The summed E-state index contributed by atoms with van der Waals surface area (Å²) in [5.74, 6) is 0.945. The van der Waals surface area contributed by atoms with Gasteiger partial charge in [0.1, 0.15) is 15.6 Å². The van der Waals surface area contributed by atoms with Crippen LogP contribution in [0.3, 0.4) is 0 Å². The summed E-state index contributed by atoms with van der Waals surface area (Å²) in [7, 11) is 0.670. The van der Waals surface area contributed by atoms with E-state index in [1.807, 2.05) is 25.5 Å². The van der Waals surface area contributed by atoms with E-state index in [-0.39, 0.29) is 5.75 Å². The number of piperidine rings is 1. The SMILES string of the molecule is COc1cc(N2CCC(N3CCN(CCS(C)(=O)=O)CC3)CC2)c(-c2cnn(C)c2)cc1N. The number of nitrogens with two attached hydrogens (primary N) is 1. The smallest absolute Gasteiger partial charge is 0.148 e. The maximum atomic E-state index is 11.4. The van der Waals surface area contributed by atoms with Gasteiger partial charge in [-0.2, -0.15) is 5.10 Å². The quantitative estimate of drug-likeness (QED) is 0.598. The van der Waals surface area contributed by atoms with Gasteiger partial charge in [0.2, 0.25) is 0 Å². The minimum atomic E-state index is -2.90. The third kappa shape index (κ3) is 5.80. The third-order valence-corrected chi connectivity index (χ3v) is 7.79. The van der Waals surface area contributed by atoms with Crippen molar-refractivity contribution in [3.05, 3.63) is 24.5 Å². The second kappa shape index (κ2) is 9.90. The molecule has 0 spiro atoms. The van der Waals surface area contributed by atoms with E-state index in [0.717, 1.165) is 68.9 Å². The van der Waals surface area contributed by atoms with Crippen LogP contribution in [0, 0.1) is 0 Å². The van der Waals surface area contributed by atoms with Gasteiger partial charge in [0.25, 0.3) is 0 Å². The predicted molar refractivity (Wildman–Crippen MR) is 133 cm³/mol. The van der Waals surface area contributed by atoms with Gasteiger partial charge in [-0.25, -0.2) is 8.42 Å². The van der Waals surface area contributed by atoms with E-state index in [1.165, 1.54) is 6.26 Å². The molecular formula is C23H36N6O3S. The van der Waals surface area contributed by atoms with E-state index in [0.29, 0.717) is 24.0 Å². The number of methoxy groups -OCH3 is 1. The minimum absolute atomic E-state index is 0.246. The van der Waals surface area contributed by atoms with Crippen LogP contribution in [-0.2, 0) is 16.9 Å². The Morgan fingerprint density at radius 2 is 1.82 bits per heavy atom. The summed E-state index contributed by atoms with van der Waals surface area (Å²) >= 11 is 0. The summed E-state index contributed by atoms with van der Waals surface area (Å²) in [5.41, 5.74) is 10.1. The lowest BCUT2D eigenvalue weighted by Gasteiger charge is -2.43. The lowest BCUT2D eigenvalue weighted by atomic mass is 9.98. The number of hydrogen-bond donors (Lipinski definition) is 1. The number of hydrogen-bond acceptors (Lipinski definition) is 8. The van der Waals surface area contributed by atoms with Gasteiger partial charge in [-0.15, -0.1) is 0 Å². The number of benzene rings is 1. The molecule has 1 aromatic heterocycles. The number of ether oxygens (including phenoxy) is 1. The van der Waals surface area contributed by atoms with Gasteiger partial charge in [0.15, 0.2) is 0 Å². The van der Waals surface area contributed by atoms with Crippen LogP contribution in [0.5, 0.6) is 5.75 Å². The molecule has 10 heteroatoms. The molecule has 0 atom stereocenters. The lowest BCUT2D eigenvalue weighted by molar-refractivity contribution is 0.0882. The highest BCUT2D eigenvalue weighted by Crippen LogP contribution is 2.39. The number of aromatic nitrogens is 2. The summed E-state index contributed by atoms with van der Waals surface area (Å²) < 4.78 is 30.2. The summed E-state index contributed by atoms with van der Waals surface area (Å²) in [5, 5.41) is 4.34. The van der Waals surface area contributed by atoms with Crippen molar-refractivity contribution in [2.45, 2.75) is 18.9 Å². The average Bonchev–Trinajstić information content (AvgIpc) is 3.24. The molecule has 182 valence electrons. The highest BCUT2D eigenvalue weighted by Gasteiger charge is 2.29. The highest BCUT2D eigenvalue weighted by atomic mass is 32.2. The topological polar surface area (TPSA) is 96.9 Å². The maximum Gasteiger partial charge on any atom is 0.148 e. The zero-order valence-electron chi connectivity index (χ0n) is 19.9. The maximum absolute atomic E-state index is 11.4. The zero-order chi connectivity index (χ0) is 23.6. The Morgan fingerprint density at radius 1 is 1.12 bits per heavy atom. The van der Waals surface area contributed by atoms with Crippen molar-refractivity contribution in [1.82, 2.24) is 19.6 Å². The molecule has 0 saturated carbocycles. The zero-order valence-corrected chi connectivity index (χ0v) is 20.7. The molecule has 1 aromatic carbocycles. The lowest BCUT2D eigenvalue weighted by Crippen LogP contribution is -2.53. The molecule has 2 fully saturated rings. The molecule has 0 unspecified atom stereocenters. The van der Waals surface area contributed by atoms with Crippen LogP contribution in [0.4, 0.5) is 11.4 Å². The predicted octanol–water partition coefficient (Wildman–Crippen LogP) is 1.31. The standard InChI is InChI=1S/C23H36N6O3S/c1-26-17-18(16-25-26)20-14-21(24)23(32-2)15-22(20)29-6-4-19(5-7-29)28-10-8-27(9-11-28)12-13-33(3,30)31/h14-17,19H,4-13,24H2,1-3H3. The van der Waals surface area contributed by atoms with Crippen LogP contribution in [0.1, 0.15) is 12.8 Å². The molecule has 0 aliphatic carbocycles. The molecule has 2 saturated heterocycles. The van der Waals surface area contributed by atoms with E-state index < -0.39 is 9.84 Å². The van der Waals surface area contributed by atoms with Crippen molar-refractivity contribution in [1.29, 1.82) is 0 Å². The van der Waals surface area contributed by atoms with Crippen LogP contribution in [0.25, 0.3) is 11.1 Å². The van der Waals surface area contributed by atoms with Crippen molar-refractivity contribution in [2.75, 3.05) is 75.6 Å². The Morgan fingerprint density at radius 3 is 2.39 bits per heavy atom. The van der Waals surface area contributed by atoms with E-state index in [1.54, 1.807) is 11.8 Å². The normalized spacial score (nSPS) is 19.2. The van der Waals surface area contributed by atoms with E-state index in [2.05, 4.69) is 25.9 Å². The number of nitrogen functional groups attached to an aromatic ring is 1. The summed E-state index contributed by atoms with van der Waals surface area (Å²) in [4.78, 5) is 7.29. The van der Waals surface area contributed by atoms with Gasteiger partial charge in [0, 0.05) is 94.2 Å². The fourth-order valence-corrected chi connectivity index (χ4v) is 5.52. The Labute approximate surface area is 197 Å². The molecule has 2 aliphatic heterocycles. The van der Waals surface area contributed by atoms with Crippen molar-refractivity contribution < 1.29 is 13.2 Å². The van der Waals surface area contributed by atoms with Crippen molar-refractivity contribution >= 4 is 21.2 Å². The number of anilines is 2. The van der Waals surface area contributed by atoms with Crippen LogP contribution in [0.2, 0.25) is 0 Å². The third-order valence-electron chi connectivity index (χ3n) is 6.87. The number of sulfone groups is 1. The number of nitrogens with zero attached hydrogens (tertiary/aromatic N) is 5. The summed E-state index contributed by atoms with van der Waals surface area (Å²) in [6.07, 6.45) is 7.40. The Kier molecular flexibility index (Phi) is 7.16. The second-order valence-electron chi connectivity index (χ2n) is 9.24. The minimum Gasteiger partial charge on any atom is -0.495 e. The molecule has 2 aliphatic rings. The first-order valence-electron chi connectivity index (χ1n) is 11.6. The fourth-order valence-electron chi connectivity index (χ4n) is 4.93. The van der Waals surface area contributed by atoms with Crippen LogP contribution >= 0.6 is 0 Å². The van der Waals surface area contributed by atoms with Gasteiger partial charge >= 0.3 is 0 Å². The van der Waals surface area contributed by atoms with Crippen LogP contribution < -0.4 is 15.4 Å². The number of piperazine rings is 1. The second-order valence-corrected chi connectivity index (χ2v) is 11.5. The van der Waals surface area contributed by atoms with Gasteiger partial charge in [-0.05, 0) is 18.9 Å². The van der Waals surface area contributed by atoms with Crippen molar-refractivity contribution in [2.24, 2.45) is 7.05 Å². The van der Waals surface area contributed by atoms with E-state index >= 15 is 0 Å². The Hall–Kier alpha value is -2.30. The van der Waals surface area contributed by atoms with Crippen molar-refractivity contribution in [3.63, 3.8) is 0 Å². The van der Waals surface area contributed by atoms with Crippen LogP contribution in [0.15, 0.2) is 24.5 Å². The molecule has 2 N–H and O–H groups in total. The first kappa shape index (κ1) is 23.8. The Bertz CT molecular complexity index is 1050. The first-order chi connectivity index (χ1) is 15.7. The summed E-state index contributed by atoms with van der Waals surface area (Å²) in [6.45, 7) is 6.47. The number of aryl methyl sites for hydroxylation is 1. The molecule has 33 heavy (non-hydrogen) atoms. The average molecular weight is 477 g/mol. The molecular weight excluding hydrogens is 440 g/mol. The molecule has 2 aromatic rings. The molecule has 4 rings (SSSR count). The highest BCUT2D eigenvalue weighted by molar-refractivity contribution is 7.90. The monoisotopic (exact) mass is 476 g/mol. The van der Waals surface area contributed by atoms with Crippen molar-refractivity contribution in [3.8, 4) is 16.9 Å². The van der Waals surface area contributed by atoms with E-state index in [4.69, 9.17) is 10.5 Å². The van der Waals surface area contributed by atoms with E-state index in [9.17, 15) is 8.42 Å². The van der Waals surface area contributed by atoms with Gasteiger partial charge in [0.05, 0.1) is 24.7 Å². The van der Waals surface area contributed by atoms with Gasteiger partial charge in [-0.3, -0.25) is 14.5 Å². The molecule has 3 heterocycles. The molecule has 0 radical (unpaired) electrons.